The van der Waals surface area contributed by atoms with E-state index in [-0.39, 0.29) is 31.1 Å². The molecule has 7 nitrogen and oxygen atoms in total. The van der Waals surface area contributed by atoms with E-state index in [0.29, 0.717) is 16.9 Å². The second-order valence-corrected chi connectivity index (χ2v) is 9.20. The summed E-state index contributed by atoms with van der Waals surface area (Å²) in [6.07, 6.45) is 4.10. The van der Waals surface area contributed by atoms with Crippen LogP contribution in [0.1, 0.15) is 46.8 Å². The average molecular weight is 504 g/mol. The van der Waals surface area contributed by atoms with Crippen molar-refractivity contribution in [2.24, 2.45) is 0 Å². The lowest BCUT2D eigenvalue weighted by atomic mass is 10.0. The molecule has 37 heavy (non-hydrogen) atoms. The second kappa shape index (κ2) is 11.8. The highest BCUT2D eigenvalue weighted by Crippen LogP contribution is 2.32. The van der Waals surface area contributed by atoms with Crippen LogP contribution in [0, 0.1) is 0 Å². The number of carbonyl (C=O) groups is 1. The van der Waals surface area contributed by atoms with Gasteiger partial charge in [0.1, 0.15) is 23.9 Å². The number of hydrogen-bond acceptors (Lipinski definition) is 6. The Bertz CT molecular complexity index is 1340. The van der Waals surface area contributed by atoms with Crippen LogP contribution in [-0.4, -0.2) is 45.7 Å². The van der Waals surface area contributed by atoms with Crippen LogP contribution >= 0.6 is 0 Å². The number of unbranched alkanes of at least 4 members (excludes halogenated alkanes) is 1. The van der Waals surface area contributed by atoms with Gasteiger partial charge < -0.3 is 29.4 Å². The number of ether oxygens (including phenoxy) is 2. The zero-order valence-corrected chi connectivity index (χ0v) is 21.2. The minimum Gasteiger partial charge on any atom is -0.507 e. The Morgan fingerprint density at radius 1 is 1.03 bits per heavy atom. The molecule has 0 amide bonds. The van der Waals surface area contributed by atoms with Gasteiger partial charge in [0.05, 0.1) is 30.9 Å². The number of hydrogen-bond donors (Lipinski definition) is 3. The number of phenols is 2. The SMILES string of the molecule is CCCCc1cc(O)c(Cn2cc(CC(O)COC(=O)c3ccc(OC)cc3)c3ccccc32)c(O)c1. The molecule has 0 radical (unpaired) electrons. The van der Waals surface area contributed by atoms with E-state index >= 15 is 0 Å². The Kier molecular flexibility index (Phi) is 8.36. The first-order valence-electron chi connectivity index (χ1n) is 12.5. The summed E-state index contributed by atoms with van der Waals surface area (Å²) in [7, 11) is 1.55. The van der Waals surface area contributed by atoms with Gasteiger partial charge in [0.25, 0.3) is 0 Å². The van der Waals surface area contributed by atoms with Crippen molar-refractivity contribution in [3.63, 3.8) is 0 Å². The Morgan fingerprint density at radius 2 is 1.73 bits per heavy atom. The molecule has 0 aliphatic rings. The van der Waals surface area contributed by atoms with Crippen molar-refractivity contribution in [2.45, 2.75) is 45.3 Å². The number of benzene rings is 3. The van der Waals surface area contributed by atoms with Crippen molar-refractivity contribution in [3.05, 3.63) is 89.1 Å². The number of carbonyl (C=O) groups excluding carboxylic acids is 1. The molecule has 1 aromatic heterocycles. The number of fused-ring (bicyclic) bond motifs is 1. The number of aliphatic hydroxyl groups excluding tert-OH is 1. The highest BCUT2D eigenvalue weighted by atomic mass is 16.5. The average Bonchev–Trinajstić information content (AvgIpc) is 3.25. The minimum absolute atomic E-state index is 0.0657. The topological polar surface area (TPSA) is 101 Å². The number of aryl methyl sites for hydroxylation is 1. The van der Waals surface area contributed by atoms with Crippen molar-refractivity contribution in [2.75, 3.05) is 13.7 Å². The molecular weight excluding hydrogens is 470 g/mol. The van der Waals surface area contributed by atoms with Gasteiger partial charge in [0, 0.05) is 23.5 Å². The smallest absolute Gasteiger partial charge is 0.338 e. The van der Waals surface area contributed by atoms with Gasteiger partial charge in [-0.25, -0.2) is 4.79 Å². The van der Waals surface area contributed by atoms with Gasteiger partial charge in [-0.1, -0.05) is 31.5 Å². The monoisotopic (exact) mass is 503 g/mol. The number of nitrogens with zero attached hydrogens (tertiary/aromatic N) is 1. The van der Waals surface area contributed by atoms with E-state index < -0.39 is 12.1 Å². The summed E-state index contributed by atoms with van der Waals surface area (Å²) in [5.41, 5.74) is 3.52. The number of para-hydroxylation sites is 1. The molecular formula is C30H33NO6. The standard InChI is InChI=1S/C30H33NO6/c1-3-4-7-20-14-28(33)26(29(34)15-20)18-31-17-22(25-8-5-6-9-27(25)31)16-23(32)19-37-30(35)21-10-12-24(36-2)13-11-21/h5-6,8-15,17,23,32-34H,3-4,7,16,18-19H2,1-2H3. The summed E-state index contributed by atoms with van der Waals surface area (Å²) in [6, 6.07) is 17.8. The summed E-state index contributed by atoms with van der Waals surface area (Å²) < 4.78 is 12.4. The maximum atomic E-state index is 12.3. The molecule has 0 aliphatic heterocycles. The van der Waals surface area contributed by atoms with E-state index in [4.69, 9.17) is 9.47 Å². The third-order valence-corrected chi connectivity index (χ3v) is 6.47. The van der Waals surface area contributed by atoms with E-state index in [1.165, 1.54) is 0 Å². The first kappa shape index (κ1) is 26.1. The first-order valence-corrected chi connectivity index (χ1v) is 12.5. The summed E-state index contributed by atoms with van der Waals surface area (Å²) in [4.78, 5) is 12.3. The Morgan fingerprint density at radius 3 is 2.41 bits per heavy atom. The molecule has 0 aliphatic carbocycles. The van der Waals surface area contributed by atoms with E-state index in [2.05, 4.69) is 6.92 Å². The predicted molar refractivity (Wildman–Crippen MR) is 142 cm³/mol. The number of aromatic nitrogens is 1. The molecule has 0 fully saturated rings. The lowest BCUT2D eigenvalue weighted by Gasteiger charge is -2.12. The third-order valence-electron chi connectivity index (χ3n) is 6.47. The molecule has 1 heterocycles. The predicted octanol–water partition coefficient (Wildman–Crippen LogP) is 5.21. The normalized spacial score (nSPS) is 12.0. The van der Waals surface area contributed by atoms with Crippen LogP contribution in [0.15, 0.2) is 66.9 Å². The van der Waals surface area contributed by atoms with Gasteiger partial charge >= 0.3 is 5.97 Å². The summed E-state index contributed by atoms with van der Waals surface area (Å²) in [5.74, 6) is 0.256. The number of esters is 1. The molecule has 3 aromatic carbocycles. The highest BCUT2D eigenvalue weighted by molar-refractivity contribution is 5.89. The second-order valence-electron chi connectivity index (χ2n) is 9.20. The van der Waals surface area contributed by atoms with E-state index in [1.54, 1.807) is 43.5 Å². The fourth-order valence-corrected chi connectivity index (χ4v) is 4.47. The Hall–Kier alpha value is -3.97. The van der Waals surface area contributed by atoms with Crippen LogP contribution in [0.4, 0.5) is 0 Å². The molecule has 1 unspecified atom stereocenters. The molecule has 0 saturated heterocycles. The molecule has 1 atom stereocenters. The molecule has 0 bridgehead atoms. The molecule has 3 N–H and O–H groups in total. The molecule has 7 heteroatoms. The van der Waals surface area contributed by atoms with Crippen molar-refractivity contribution < 1.29 is 29.6 Å². The van der Waals surface area contributed by atoms with Gasteiger partial charge in [0.15, 0.2) is 0 Å². The van der Waals surface area contributed by atoms with Gasteiger partial charge in [-0.2, -0.15) is 0 Å². The number of phenolic OH excluding ortho intramolecular Hbond substituents is 2. The van der Waals surface area contributed by atoms with Crippen LogP contribution in [-0.2, 0) is 24.1 Å². The number of methoxy groups -OCH3 is 1. The fourth-order valence-electron chi connectivity index (χ4n) is 4.47. The maximum absolute atomic E-state index is 12.3. The van der Waals surface area contributed by atoms with Crippen molar-refractivity contribution >= 4 is 16.9 Å². The van der Waals surface area contributed by atoms with Crippen molar-refractivity contribution in [1.29, 1.82) is 0 Å². The minimum atomic E-state index is -0.902. The largest absolute Gasteiger partial charge is 0.507 e. The highest BCUT2D eigenvalue weighted by Gasteiger charge is 2.17. The lowest BCUT2D eigenvalue weighted by Crippen LogP contribution is -2.21. The Labute approximate surface area is 216 Å². The lowest BCUT2D eigenvalue weighted by molar-refractivity contribution is 0.0259. The van der Waals surface area contributed by atoms with Crippen LogP contribution < -0.4 is 4.74 Å². The molecule has 0 spiro atoms. The summed E-state index contributed by atoms with van der Waals surface area (Å²) in [6.45, 7) is 2.23. The maximum Gasteiger partial charge on any atom is 0.338 e. The van der Waals surface area contributed by atoms with E-state index in [9.17, 15) is 20.1 Å². The number of aliphatic hydroxyl groups is 1. The third kappa shape index (κ3) is 6.24. The van der Waals surface area contributed by atoms with Crippen molar-refractivity contribution in [3.8, 4) is 17.2 Å². The van der Waals surface area contributed by atoms with Crippen LogP contribution in [0.5, 0.6) is 17.2 Å². The molecule has 4 aromatic rings. The van der Waals surface area contributed by atoms with E-state index in [0.717, 1.165) is 41.3 Å². The fraction of sp³-hybridized carbons (Fsp3) is 0.300. The van der Waals surface area contributed by atoms with Gasteiger partial charge in [-0.3, -0.25) is 0 Å². The van der Waals surface area contributed by atoms with Gasteiger partial charge in [-0.15, -0.1) is 0 Å². The van der Waals surface area contributed by atoms with Crippen LogP contribution in [0.2, 0.25) is 0 Å². The molecule has 0 saturated carbocycles. The molecule has 194 valence electrons. The Balaban J connectivity index is 1.47. The van der Waals surface area contributed by atoms with Crippen molar-refractivity contribution in [1.82, 2.24) is 4.57 Å². The zero-order chi connectivity index (χ0) is 26.4. The number of aromatic hydroxyl groups is 2. The van der Waals surface area contributed by atoms with Crippen LogP contribution in [0.3, 0.4) is 0 Å². The molecule has 4 rings (SSSR count). The summed E-state index contributed by atoms with van der Waals surface area (Å²) >= 11 is 0. The number of rotatable bonds is 11. The summed E-state index contributed by atoms with van der Waals surface area (Å²) in [5, 5.41) is 32.9. The van der Waals surface area contributed by atoms with E-state index in [1.807, 2.05) is 35.0 Å². The van der Waals surface area contributed by atoms with Gasteiger partial charge in [-0.05, 0) is 66.4 Å². The van der Waals surface area contributed by atoms with Gasteiger partial charge in [0.2, 0.25) is 0 Å². The van der Waals surface area contributed by atoms with Crippen LogP contribution in [0.25, 0.3) is 10.9 Å². The zero-order valence-electron chi connectivity index (χ0n) is 21.2. The quantitative estimate of drug-likeness (QED) is 0.243. The first-order chi connectivity index (χ1) is 17.9.